The molecule has 0 saturated carbocycles. The van der Waals surface area contributed by atoms with Gasteiger partial charge in [0, 0.05) is 15.9 Å². The Morgan fingerprint density at radius 1 is 0.625 bits per heavy atom. The summed E-state index contributed by atoms with van der Waals surface area (Å²) in [4.78, 5) is 13.0. The number of thiol groups is 1. The summed E-state index contributed by atoms with van der Waals surface area (Å²) < 4.78 is -0.0810. The molecule has 0 radical (unpaired) electrons. The van der Waals surface area contributed by atoms with E-state index in [9.17, 15) is 0 Å². The summed E-state index contributed by atoms with van der Waals surface area (Å²) in [6.45, 7) is 7.29. The SMILES string of the molecule is C[C@@H]1C=CC([SH]2c3ccccc3C/C=C\C=C\c3cc(C4=CC=C(c5ccc(-c6ccc(C7=NC(c8ccccc8)=NC(c8ccccc8)N7)cc6)cc5)CC4)ccc3C2(C)C)=CC1. The Morgan fingerprint density at radius 3 is 1.97 bits per heavy atom. The van der Waals surface area contributed by atoms with Crippen LogP contribution in [0.5, 0.6) is 0 Å². The average molecular weight is 850 g/mol. The Morgan fingerprint density at radius 2 is 1.27 bits per heavy atom. The first-order valence-electron chi connectivity index (χ1n) is 22.8. The van der Waals surface area contributed by atoms with Crippen molar-refractivity contribution in [1.82, 2.24) is 5.32 Å². The quantitative estimate of drug-likeness (QED) is 0.154. The fourth-order valence-corrected chi connectivity index (χ4v) is 12.7. The molecule has 10 rings (SSSR count). The van der Waals surface area contributed by atoms with Crippen LogP contribution in [0.2, 0.25) is 0 Å². The Labute approximate surface area is 382 Å². The molecule has 0 spiro atoms. The number of hydrogen-bond donors (Lipinski definition) is 2. The van der Waals surface area contributed by atoms with Gasteiger partial charge in [0.15, 0.2) is 5.84 Å². The van der Waals surface area contributed by atoms with Crippen molar-refractivity contribution in [2.45, 2.75) is 62.3 Å². The van der Waals surface area contributed by atoms with Crippen LogP contribution >= 0.6 is 10.9 Å². The van der Waals surface area contributed by atoms with Crippen LogP contribution in [-0.4, -0.2) is 11.7 Å². The minimum atomic E-state index is -0.664. The summed E-state index contributed by atoms with van der Waals surface area (Å²) in [6, 6.07) is 54.8. The largest absolute Gasteiger partial charge is 0.344 e. The molecule has 4 heteroatoms. The van der Waals surface area contributed by atoms with Gasteiger partial charge in [0.25, 0.3) is 0 Å². The fraction of sp³-hybridized carbons (Fsp3) is 0.167. The lowest BCUT2D eigenvalue weighted by Gasteiger charge is -2.42. The molecular weight excluding hydrogens is 795 g/mol. The lowest BCUT2D eigenvalue weighted by molar-refractivity contribution is 0.674. The smallest absolute Gasteiger partial charge is 0.159 e. The van der Waals surface area contributed by atoms with Gasteiger partial charge in [-0.2, -0.15) is 10.9 Å². The maximum Gasteiger partial charge on any atom is 0.159 e. The van der Waals surface area contributed by atoms with Crippen LogP contribution in [0.4, 0.5) is 0 Å². The van der Waals surface area contributed by atoms with Gasteiger partial charge in [0.2, 0.25) is 0 Å². The highest BCUT2D eigenvalue weighted by molar-refractivity contribution is 8.21. The Kier molecular flexibility index (Phi) is 11.7. The number of amidine groups is 2. The van der Waals surface area contributed by atoms with Gasteiger partial charge in [-0.3, -0.25) is 0 Å². The summed E-state index contributed by atoms with van der Waals surface area (Å²) in [6.07, 6.45) is 25.1. The maximum absolute atomic E-state index is 4.99. The number of allylic oxidation sites excluding steroid dienone is 10. The highest BCUT2D eigenvalue weighted by Crippen LogP contribution is 2.61. The lowest BCUT2D eigenvalue weighted by Crippen LogP contribution is -2.33. The zero-order valence-corrected chi connectivity index (χ0v) is 37.8. The van der Waals surface area contributed by atoms with E-state index in [2.05, 4.69) is 208 Å². The number of benzene rings is 6. The van der Waals surface area contributed by atoms with E-state index in [0.29, 0.717) is 5.92 Å². The van der Waals surface area contributed by atoms with Crippen molar-refractivity contribution < 1.29 is 0 Å². The van der Waals surface area contributed by atoms with Crippen LogP contribution in [0.15, 0.2) is 220 Å². The van der Waals surface area contributed by atoms with Crippen LogP contribution in [0.25, 0.3) is 28.3 Å². The predicted octanol–water partition coefficient (Wildman–Crippen LogP) is 15.0. The molecule has 0 amide bonds. The summed E-state index contributed by atoms with van der Waals surface area (Å²) in [5.74, 6) is 2.14. The van der Waals surface area contributed by atoms with Gasteiger partial charge in [-0.05, 0) is 123 Å². The van der Waals surface area contributed by atoms with Gasteiger partial charge in [-0.25, -0.2) is 9.98 Å². The molecule has 2 heterocycles. The summed E-state index contributed by atoms with van der Waals surface area (Å²) in [7, 11) is -0.664. The van der Waals surface area contributed by atoms with Crippen LogP contribution in [0, 0.1) is 5.92 Å². The Bertz CT molecular complexity index is 2920. The van der Waals surface area contributed by atoms with Gasteiger partial charge >= 0.3 is 0 Å². The van der Waals surface area contributed by atoms with E-state index in [0.717, 1.165) is 54.0 Å². The van der Waals surface area contributed by atoms with Gasteiger partial charge in [-0.15, -0.1) is 0 Å². The van der Waals surface area contributed by atoms with Crippen molar-refractivity contribution in [1.29, 1.82) is 0 Å². The molecule has 3 nitrogen and oxygen atoms in total. The molecule has 2 aliphatic heterocycles. The van der Waals surface area contributed by atoms with Crippen LogP contribution in [0.1, 0.15) is 90.7 Å². The highest BCUT2D eigenvalue weighted by atomic mass is 32.2. The number of nitrogens with zero attached hydrogens (tertiary/aromatic N) is 2. The van der Waals surface area contributed by atoms with E-state index in [1.807, 2.05) is 24.3 Å². The van der Waals surface area contributed by atoms with E-state index in [4.69, 9.17) is 9.98 Å². The van der Waals surface area contributed by atoms with Crippen molar-refractivity contribution in [3.05, 3.63) is 250 Å². The van der Waals surface area contributed by atoms with Gasteiger partial charge in [-0.1, -0.05) is 201 Å². The van der Waals surface area contributed by atoms with Crippen molar-refractivity contribution in [3.8, 4) is 11.1 Å². The molecule has 2 aliphatic carbocycles. The van der Waals surface area contributed by atoms with Crippen LogP contribution in [-0.2, 0) is 11.2 Å². The first kappa shape index (κ1) is 41.3. The van der Waals surface area contributed by atoms with E-state index in [1.165, 1.54) is 59.9 Å². The Balaban J connectivity index is 0.880. The zero-order chi connectivity index (χ0) is 43.5. The van der Waals surface area contributed by atoms with Gasteiger partial charge in [0.05, 0.1) is 0 Å². The number of fused-ring (bicyclic) bond motifs is 2. The van der Waals surface area contributed by atoms with Crippen LogP contribution < -0.4 is 5.32 Å². The molecule has 4 aliphatic rings. The first-order valence-corrected chi connectivity index (χ1v) is 24.1. The third kappa shape index (κ3) is 8.63. The third-order valence-electron chi connectivity index (χ3n) is 13.1. The zero-order valence-electron chi connectivity index (χ0n) is 37.0. The molecule has 1 N–H and O–H groups in total. The normalized spacial score (nSPS) is 21.8. The van der Waals surface area contributed by atoms with E-state index in [1.54, 1.807) is 0 Å². The molecule has 0 saturated heterocycles. The number of hydrogen-bond acceptors (Lipinski definition) is 3. The molecule has 6 aromatic carbocycles. The lowest BCUT2D eigenvalue weighted by atomic mass is 9.87. The monoisotopic (exact) mass is 849 g/mol. The molecule has 6 aromatic rings. The summed E-state index contributed by atoms with van der Waals surface area (Å²) >= 11 is 0. The molecule has 0 aromatic heterocycles. The van der Waals surface area contributed by atoms with Crippen molar-refractivity contribution in [3.63, 3.8) is 0 Å². The molecule has 0 bridgehead atoms. The molecule has 0 fully saturated rings. The van der Waals surface area contributed by atoms with Crippen molar-refractivity contribution in [2.75, 3.05) is 0 Å². The maximum atomic E-state index is 4.99. The molecule has 316 valence electrons. The molecule has 2 unspecified atom stereocenters. The third-order valence-corrected chi connectivity index (χ3v) is 16.2. The second kappa shape index (κ2) is 18.2. The first-order chi connectivity index (χ1) is 31.4. The Hall–Kier alpha value is -6.75. The van der Waals surface area contributed by atoms with Crippen molar-refractivity contribution in [2.24, 2.45) is 15.9 Å². The molecule has 64 heavy (non-hydrogen) atoms. The number of rotatable bonds is 7. The minimum absolute atomic E-state index is 0.0810. The molecular formula is C60H55N3S. The minimum Gasteiger partial charge on any atom is -0.344 e. The summed E-state index contributed by atoms with van der Waals surface area (Å²) in [5, 5.41) is 3.59. The van der Waals surface area contributed by atoms with Crippen molar-refractivity contribution >= 4 is 39.8 Å². The fourth-order valence-electron chi connectivity index (χ4n) is 9.49. The van der Waals surface area contributed by atoms with Gasteiger partial charge in [0.1, 0.15) is 12.0 Å². The van der Waals surface area contributed by atoms with E-state index in [-0.39, 0.29) is 10.9 Å². The molecule has 3 atom stereocenters. The highest BCUT2D eigenvalue weighted by Gasteiger charge is 2.35. The average Bonchev–Trinajstić information content (AvgIpc) is 3.37. The number of nitrogens with one attached hydrogen (secondary N) is 1. The van der Waals surface area contributed by atoms with E-state index >= 15 is 0 Å². The standard InChI is InChI=1S/C60H55N3S/c1-42-23-38-54(39-24-42)64-56-22-14-13-16-48(56)15-7-4-12-21-53-41-52(37-40-55(53)60(64,2)3)47-31-29-45(30-32-47)43-25-27-44(28-26-43)46-33-35-51(36-34-46)59-62-57(49-17-8-5-9-18-49)61-58(63-59)50-19-10-6-11-20-50/h4-14,16-23,25-29,31,33-42,57,64H,15,24,30,32H2,1-3H3,(H,61,62,63)/b7-4-,21-12+/t42-,57?/m1/s1. The summed E-state index contributed by atoms with van der Waals surface area (Å²) in [5.41, 5.74) is 15.1. The van der Waals surface area contributed by atoms with Gasteiger partial charge < -0.3 is 5.32 Å². The second-order valence-corrected chi connectivity index (χ2v) is 20.6. The number of aliphatic imine (C=N–C) groups is 2. The topological polar surface area (TPSA) is 36.8 Å². The van der Waals surface area contributed by atoms with E-state index < -0.39 is 10.9 Å². The van der Waals surface area contributed by atoms with Crippen LogP contribution in [0.3, 0.4) is 0 Å². The second-order valence-electron chi connectivity index (χ2n) is 17.8. The predicted molar refractivity (Wildman–Crippen MR) is 275 cm³/mol.